The summed E-state index contributed by atoms with van der Waals surface area (Å²) in [6, 6.07) is 12.0. The van der Waals surface area contributed by atoms with Gasteiger partial charge in [-0.3, -0.25) is 0 Å². The maximum Gasteiger partial charge on any atom is -0.0623 e. The summed E-state index contributed by atoms with van der Waals surface area (Å²) in [5.74, 6) is 0. The van der Waals surface area contributed by atoms with Crippen LogP contribution in [0.15, 0.2) is 59.1 Å². The Bertz CT molecular complexity index is 233. The second kappa shape index (κ2) is 5.82. The molecule has 1 aromatic carbocycles. The van der Waals surface area contributed by atoms with E-state index in [9.17, 15) is 0 Å². The van der Waals surface area contributed by atoms with E-state index in [1.54, 1.807) is 0 Å². The summed E-state index contributed by atoms with van der Waals surface area (Å²) >= 11 is 3.34. The molecular formula is C11H11Mn. The fraction of sp³-hybridized carbons (Fsp3) is 0.0909. The third kappa shape index (κ3) is 4.17. The minimum Gasteiger partial charge on any atom is -0.0623 e. The van der Waals surface area contributed by atoms with Crippen LogP contribution in [0.25, 0.3) is 0 Å². The second-order valence-electron chi connectivity index (χ2n) is 2.40. The summed E-state index contributed by atoms with van der Waals surface area (Å²) in [4.78, 5) is 0. The summed E-state index contributed by atoms with van der Waals surface area (Å²) < 4.78 is 1.28. The van der Waals surface area contributed by atoms with E-state index in [4.69, 9.17) is 0 Å². The summed E-state index contributed by atoms with van der Waals surface area (Å²) in [6.07, 6.45) is 7.30. The maximum absolute atomic E-state index is 3.34. The Hall–Kier alpha value is -0.781. The second-order valence-corrected chi connectivity index (χ2v) is 3.16. The minimum atomic E-state index is 1.08. The van der Waals surface area contributed by atoms with Gasteiger partial charge in [0.2, 0.25) is 0 Å². The van der Waals surface area contributed by atoms with Crippen molar-refractivity contribution in [1.82, 2.24) is 0 Å². The fourth-order valence-corrected chi connectivity index (χ4v) is 1.06. The molecule has 1 aliphatic rings. The van der Waals surface area contributed by atoms with Gasteiger partial charge in [0, 0.05) is 0 Å². The smallest absolute Gasteiger partial charge is 0.0623 e. The van der Waals surface area contributed by atoms with Crippen molar-refractivity contribution in [1.29, 1.82) is 0 Å². The van der Waals surface area contributed by atoms with E-state index in [1.165, 1.54) is 4.47 Å². The van der Waals surface area contributed by atoms with Gasteiger partial charge in [-0.15, -0.1) is 0 Å². The van der Waals surface area contributed by atoms with Crippen LogP contribution in [0, 0.1) is 0 Å². The zero-order valence-corrected chi connectivity index (χ0v) is 7.96. The molecule has 0 saturated heterocycles. The topological polar surface area (TPSA) is 0 Å². The van der Waals surface area contributed by atoms with Crippen LogP contribution in [0.4, 0.5) is 0 Å². The average molecular weight is 198 g/mol. The number of allylic oxidation sites excluding steroid dienone is 4. The first kappa shape index (κ1) is 9.31. The first-order chi connectivity index (χ1) is 5.89. The third-order valence-electron chi connectivity index (χ3n) is 1.39. The van der Waals surface area contributed by atoms with E-state index in [2.05, 4.69) is 28.2 Å². The summed E-state index contributed by atoms with van der Waals surface area (Å²) in [5, 5.41) is 0. The average Bonchev–Trinajstić information content (AvgIpc) is 2.60. The predicted molar refractivity (Wildman–Crippen MR) is 48.3 cm³/mol. The molecule has 0 atom stereocenters. The Morgan fingerprint density at radius 3 is 1.58 bits per heavy atom. The van der Waals surface area contributed by atoms with Crippen LogP contribution in [0.2, 0.25) is 0 Å². The molecule has 0 aliphatic heterocycles. The molecule has 0 nitrogen and oxygen atoms in total. The van der Waals surface area contributed by atoms with Crippen molar-refractivity contribution in [3.63, 3.8) is 0 Å². The van der Waals surface area contributed by atoms with Crippen molar-refractivity contribution in [2.24, 2.45) is 0 Å². The third-order valence-corrected chi connectivity index (χ3v) is 1.83. The first-order valence-electron chi connectivity index (χ1n) is 3.91. The minimum absolute atomic E-state index is 1.08. The van der Waals surface area contributed by atoms with E-state index in [0.717, 1.165) is 6.42 Å². The fourth-order valence-electron chi connectivity index (χ4n) is 0.806. The van der Waals surface area contributed by atoms with Gasteiger partial charge in [0.25, 0.3) is 0 Å². The zero-order valence-electron chi connectivity index (χ0n) is 6.78. The largest absolute Gasteiger partial charge is 0.0623 e. The van der Waals surface area contributed by atoms with Crippen LogP contribution in [0.1, 0.15) is 6.42 Å². The molecule has 62 valence electrons. The Kier molecular flexibility index (Phi) is 4.51. The summed E-state index contributed by atoms with van der Waals surface area (Å²) in [5.41, 5.74) is 0. The molecule has 0 amide bonds. The van der Waals surface area contributed by atoms with Crippen LogP contribution in [0.3, 0.4) is 0 Å². The van der Waals surface area contributed by atoms with Gasteiger partial charge < -0.3 is 0 Å². The first-order valence-corrected chi connectivity index (χ1v) is 4.50. The molecule has 0 fully saturated rings. The molecule has 0 N–H and O–H groups in total. The van der Waals surface area contributed by atoms with Gasteiger partial charge >= 0.3 is 45.1 Å². The normalized spacial score (nSPS) is 13.2. The number of benzene rings is 1. The monoisotopic (exact) mass is 198 g/mol. The molecule has 0 radical (unpaired) electrons. The molecule has 1 aliphatic carbocycles. The molecule has 0 heterocycles. The van der Waals surface area contributed by atoms with Gasteiger partial charge in [0.1, 0.15) is 0 Å². The van der Waals surface area contributed by atoms with Crippen molar-refractivity contribution in [2.45, 2.75) is 6.42 Å². The number of hydrogen-bond donors (Lipinski definition) is 0. The molecule has 1 aromatic rings. The summed E-state index contributed by atoms with van der Waals surface area (Å²) in [6.45, 7) is 0. The molecule has 0 bridgehead atoms. The molecule has 0 unspecified atom stereocenters. The van der Waals surface area contributed by atoms with Crippen molar-refractivity contribution in [3.8, 4) is 0 Å². The van der Waals surface area contributed by atoms with E-state index < -0.39 is 0 Å². The Morgan fingerprint density at radius 1 is 0.917 bits per heavy atom. The Labute approximate surface area is 81.8 Å². The number of hydrogen-bond acceptors (Lipinski definition) is 0. The molecule has 0 saturated carbocycles. The Balaban J connectivity index is 0.000000120. The van der Waals surface area contributed by atoms with Crippen LogP contribution in [-0.4, -0.2) is 0 Å². The predicted octanol–water partition coefficient (Wildman–Crippen LogP) is 3.06. The van der Waals surface area contributed by atoms with E-state index in [-0.39, 0.29) is 0 Å². The Morgan fingerprint density at radius 2 is 1.42 bits per heavy atom. The van der Waals surface area contributed by atoms with Crippen LogP contribution < -0.4 is 0 Å². The summed E-state index contributed by atoms with van der Waals surface area (Å²) in [7, 11) is 0. The van der Waals surface area contributed by atoms with Gasteiger partial charge in [-0.25, -0.2) is 0 Å². The maximum atomic E-state index is 3.34. The van der Waals surface area contributed by atoms with Crippen molar-refractivity contribution in [2.75, 3.05) is 0 Å². The van der Waals surface area contributed by atoms with E-state index in [1.807, 2.05) is 42.5 Å². The molecular weight excluding hydrogens is 187 g/mol. The SMILES string of the molecule is [Mn][C]1=CC=CC1.c1ccccc1. The number of rotatable bonds is 0. The van der Waals surface area contributed by atoms with E-state index >= 15 is 0 Å². The van der Waals surface area contributed by atoms with Crippen molar-refractivity contribution < 1.29 is 16.0 Å². The van der Waals surface area contributed by atoms with Gasteiger partial charge in [-0.05, 0) is 0 Å². The van der Waals surface area contributed by atoms with E-state index in [0.29, 0.717) is 0 Å². The van der Waals surface area contributed by atoms with Gasteiger partial charge in [0.15, 0.2) is 0 Å². The van der Waals surface area contributed by atoms with Crippen LogP contribution in [-0.2, 0) is 16.0 Å². The molecule has 2 rings (SSSR count). The van der Waals surface area contributed by atoms with Crippen molar-refractivity contribution >= 4 is 0 Å². The standard InChI is InChI=1S/C6H6.C5H5.Mn/c1-2-4-6-5-3-1;1-2-4-5-3-1;/h1-6H;1-3H,4H2;. The van der Waals surface area contributed by atoms with Crippen molar-refractivity contribution in [3.05, 3.63) is 59.1 Å². The van der Waals surface area contributed by atoms with Crippen LogP contribution in [0.5, 0.6) is 0 Å². The van der Waals surface area contributed by atoms with Crippen LogP contribution >= 0.6 is 0 Å². The quantitative estimate of drug-likeness (QED) is 0.562. The van der Waals surface area contributed by atoms with Gasteiger partial charge in [0.05, 0.1) is 0 Å². The van der Waals surface area contributed by atoms with Gasteiger partial charge in [-0.1, -0.05) is 36.4 Å². The molecule has 12 heavy (non-hydrogen) atoms. The molecule has 0 aromatic heterocycles. The molecule has 1 heteroatoms. The molecule has 0 spiro atoms. The van der Waals surface area contributed by atoms with Gasteiger partial charge in [-0.2, -0.15) is 0 Å². The zero-order chi connectivity index (χ0) is 8.65.